The Morgan fingerprint density at radius 3 is 2.62 bits per heavy atom. The molecule has 0 radical (unpaired) electrons. The molecule has 0 aromatic rings. The normalized spacial score (nSPS) is 29.1. The van der Waals surface area contributed by atoms with E-state index in [-0.39, 0.29) is 0 Å². The summed E-state index contributed by atoms with van der Waals surface area (Å²) in [7, 11) is 0. The molecule has 2 rings (SSSR count). The number of hydrogen-bond acceptors (Lipinski definition) is 1. The maximum atomic E-state index is 4.94. The van der Waals surface area contributed by atoms with Gasteiger partial charge in [0, 0.05) is 6.54 Å². The van der Waals surface area contributed by atoms with Crippen molar-refractivity contribution in [1.29, 1.82) is 0 Å². The lowest BCUT2D eigenvalue weighted by atomic mass is 9.69. The van der Waals surface area contributed by atoms with Gasteiger partial charge in [-0.2, -0.15) is 0 Å². The van der Waals surface area contributed by atoms with Gasteiger partial charge in [0.15, 0.2) is 0 Å². The van der Waals surface area contributed by atoms with Gasteiger partial charge in [0.25, 0.3) is 0 Å². The van der Waals surface area contributed by atoms with E-state index in [1.807, 2.05) is 0 Å². The Bertz CT molecular complexity index is 550. The molecule has 3 unspecified atom stereocenters. The highest BCUT2D eigenvalue weighted by atomic mass is 14.8. The Morgan fingerprint density at radius 2 is 2.00 bits per heavy atom. The van der Waals surface area contributed by atoms with Crippen LogP contribution in [-0.2, 0) is 0 Å². The monoisotopic (exact) mass is 283 g/mol. The molecule has 1 heteroatoms. The van der Waals surface area contributed by atoms with Crippen LogP contribution in [-0.4, -0.2) is 12.3 Å². The lowest BCUT2D eigenvalue weighted by Gasteiger charge is -2.38. The molecule has 0 saturated heterocycles. The smallest absolute Gasteiger partial charge is 0.0638 e. The third kappa shape index (κ3) is 3.45. The van der Waals surface area contributed by atoms with Crippen molar-refractivity contribution in [3.05, 3.63) is 46.6 Å². The number of rotatable bonds is 3. The minimum atomic E-state index is 0.622. The first-order chi connectivity index (χ1) is 9.93. The van der Waals surface area contributed by atoms with Crippen LogP contribution in [0.1, 0.15) is 48.0 Å². The van der Waals surface area contributed by atoms with Crippen LogP contribution < -0.4 is 0 Å². The van der Waals surface area contributed by atoms with Gasteiger partial charge in [-0.15, -0.1) is 0 Å². The number of allylic oxidation sites excluding steroid dienone is 8. The summed E-state index contributed by atoms with van der Waals surface area (Å²) in [4.78, 5) is 4.94. The summed E-state index contributed by atoms with van der Waals surface area (Å²) in [5.74, 6) is 1.95. The second kappa shape index (κ2) is 6.60. The van der Waals surface area contributed by atoms with Crippen LogP contribution >= 0.6 is 0 Å². The van der Waals surface area contributed by atoms with Crippen molar-refractivity contribution in [2.24, 2.45) is 22.7 Å². The second-order valence-corrected chi connectivity index (χ2v) is 6.85. The van der Waals surface area contributed by atoms with Gasteiger partial charge in [0.2, 0.25) is 0 Å². The summed E-state index contributed by atoms with van der Waals surface area (Å²) in [5, 5.41) is 0. The van der Waals surface area contributed by atoms with Crippen LogP contribution in [0.3, 0.4) is 0 Å². The highest BCUT2D eigenvalue weighted by Crippen LogP contribution is 2.40. The second-order valence-electron chi connectivity index (χ2n) is 6.85. The summed E-state index contributed by atoms with van der Waals surface area (Å²) in [6.07, 6.45) is 10.4. The molecule has 3 atom stereocenters. The largest absolute Gasteiger partial charge is 0.284 e. The van der Waals surface area contributed by atoms with Crippen molar-refractivity contribution in [2.75, 3.05) is 6.54 Å². The summed E-state index contributed by atoms with van der Waals surface area (Å²) in [5.41, 5.74) is 6.71. The van der Waals surface area contributed by atoms with Gasteiger partial charge in [-0.05, 0) is 56.6 Å². The molecule has 1 aliphatic carbocycles. The van der Waals surface area contributed by atoms with Gasteiger partial charge in [-0.1, -0.05) is 55.7 Å². The molecule has 2 aliphatic rings. The van der Waals surface area contributed by atoms with Crippen LogP contribution in [0.15, 0.2) is 51.6 Å². The van der Waals surface area contributed by atoms with Gasteiger partial charge in [0.05, 0.1) is 5.71 Å². The maximum absolute atomic E-state index is 4.94. The van der Waals surface area contributed by atoms with E-state index in [0.29, 0.717) is 17.8 Å². The van der Waals surface area contributed by atoms with Crippen molar-refractivity contribution < 1.29 is 0 Å². The lowest BCUT2D eigenvalue weighted by Crippen LogP contribution is -2.34. The van der Waals surface area contributed by atoms with E-state index in [1.165, 1.54) is 34.4 Å². The van der Waals surface area contributed by atoms with Crippen LogP contribution in [0, 0.1) is 17.8 Å². The zero-order valence-corrected chi connectivity index (χ0v) is 14.4. The predicted molar refractivity (Wildman–Crippen MR) is 93.8 cm³/mol. The molecule has 0 N–H and O–H groups in total. The van der Waals surface area contributed by atoms with Gasteiger partial charge in [0.1, 0.15) is 0 Å². The topological polar surface area (TPSA) is 12.4 Å². The molecule has 0 aromatic heterocycles. The van der Waals surface area contributed by atoms with Crippen molar-refractivity contribution in [1.82, 2.24) is 0 Å². The average molecular weight is 283 g/mol. The summed E-state index contributed by atoms with van der Waals surface area (Å²) in [6.45, 7) is 14.3. The van der Waals surface area contributed by atoms with Crippen LogP contribution in [0.25, 0.3) is 0 Å². The van der Waals surface area contributed by atoms with E-state index in [4.69, 9.17) is 4.99 Å². The molecule has 1 aliphatic heterocycles. The van der Waals surface area contributed by atoms with Crippen molar-refractivity contribution in [3.63, 3.8) is 0 Å². The Labute approximate surface area is 130 Å². The highest BCUT2D eigenvalue weighted by molar-refractivity contribution is 6.13. The van der Waals surface area contributed by atoms with Gasteiger partial charge < -0.3 is 0 Å². The third-order valence-electron chi connectivity index (χ3n) is 4.66. The third-order valence-corrected chi connectivity index (χ3v) is 4.66. The van der Waals surface area contributed by atoms with Crippen LogP contribution in [0.2, 0.25) is 0 Å². The fourth-order valence-electron chi connectivity index (χ4n) is 3.62. The first-order valence-corrected chi connectivity index (χ1v) is 8.21. The van der Waals surface area contributed by atoms with Gasteiger partial charge in [-0.3, -0.25) is 4.99 Å². The zero-order valence-electron chi connectivity index (χ0n) is 14.4. The van der Waals surface area contributed by atoms with Crippen molar-refractivity contribution in [2.45, 2.75) is 48.0 Å². The Kier molecular flexibility index (Phi) is 5.03. The van der Waals surface area contributed by atoms with E-state index in [2.05, 4.69) is 65.8 Å². The quantitative estimate of drug-likeness (QED) is 0.605. The molecule has 1 nitrogen and oxygen atoms in total. The lowest BCUT2D eigenvalue weighted by molar-refractivity contribution is 0.312. The Morgan fingerprint density at radius 1 is 1.29 bits per heavy atom. The predicted octanol–water partition coefficient (Wildman–Crippen LogP) is 5.52. The van der Waals surface area contributed by atoms with E-state index in [9.17, 15) is 0 Å². The Balaban J connectivity index is 2.43. The maximum Gasteiger partial charge on any atom is 0.0638 e. The minimum Gasteiger partial charge on any atom is -0.284 e. The summed E-state index contributed by atoms with van der Waals surface area (Å²) in [6, 6.07) is 0. The van der Waals surface area contributed by atoms with E-state index >= 15 is 0 Å². The van der Waals surface area contributed by atoms with E-state index in [0.717, 1.165) is 6.54 Å². The fourth-order valence-corrected chi connectivity index (χ4v) is 3.62. The highest BCUT2D eigenvalue weighted by Gasteiger charge is 2.35. The standard InChI is InChI=1S/C20H29N/c1-7-17-12-21-20(15(5)9-8-13(2)3)18-11-14(4)10-16(6)19(17)18/h8-11,16-17,19H,7,12H2,1-6H3/b15-9+. The number of fused-ring (bicyclic) bond motifs is 1. The van der Waals surface area contributed by atoms with Gasteiger partial charge in [-0.25, -0.2) is 0 Å². The molecule has 0 saturated carbocycles. The van der Waals surface area contributed by atoms with E-state index < -0.39 is 0 Å². The summed E-state index contributed by atoms with van der Waals surface area (Å²) >= 11 is 0. The van der Waals surface area contributed by atoms with Gasteiger partial charge >= 0.3 is 0 Å². The molecule has 0 spiro atoms. The molecular formula is C20H29N. The molecule has 0 amide bonds. The first kappa shape index (κ1) is 16.0. The average Bonchev–Trinajstić information content (AvgIpc) is 2.43. The van der Waals surface area contributed by atoms with Crippen LogP contribution in [0.4, 0.5) is 0 Å². The molecule has 1 heterocycles. The molecule has 0 bridgehead atoms. The van der Waals surface area contributed by atoms with E-state index in [1.54, 1.807) is 0 Å². The molecule has 0 aromatic carbocycles. The molecule has 114 valence electrons. The minimum absolute atomic E-state index is 0.622. The van der Waals surface area contributed by atoms with Crippen molar-refractivity contribution >= 4 is 5.71 Å². The number of hydrogen-bond donors (Lipinski definition) is 0. The zero-order chi connectivity index (χ0) is 15.6. The molecule has 0 fully saturated rings. The van der Waals surface area contributed by atoms with Crippen LogP contribution in [0.5, 0.6) is 0 Å². The van der Waals surface area contributed by atoms with Crippen molar-refractivity contribution in [3.8, 4) is 0 Å². The number of aliphatic imine (C=N–C) groups is 1. The fraction of sp³-hybridized carbons (Fsp3) is 0.550. The molecular weight excluding hydrogens is 254 g/mol. The Hall–Kier alpha value is -1.37. The summed E-state index contributed by atoms with van der Waals surface area (Å²) < 4.78 is 0. The molecule has 21 heavy (non-hydrogen) atoms. The number of nitrogens with zero attached hydrogens (tertiary/aromatic N) is 1. The SMILES string of the molecule is CCC1CN=C(/C(C)=C/C=C(C)C)C2=CC(C)=CC(C)C21. The first-order valence-electron chi connectivity index (χ1n) is 8.21.